The topological polar surface area (TPSA) is 75.6 Å². The summed E-state index contributed by atoms with van der Waals surface area (Å²) in [5.74, 6) is 0.675. The van der Waals surface area contributed by atoms with Crippen molar-refractivity contribution in [3.05, 3.63) is 46.8 Å². The van der Waals surface area contributed by atoms with Crippen molar-refractivity contribution in [3.63, 3.8) is 0 Å². The van der Waals surface area contributed by atoms with Crippen LogP contribution in [0.15, 0.2) is 39.9 Å². The van der Waals surface area contributed by atoms with E-state index in [-0.39, 0.29) is 17.4 Å². The fraction of sp³-hybridized carbons (Fsp3) is 0.231. The van der Waals surface area contributed by atoms with Crippen LogP contribution in [0.3, 0.4) is 0 Å². The summed E-state index contributed by atoms with van der Waals surface area (Å²) in [5.41, 5.74) is 1.21. The maximum atomic E-state index is 12.2. The van der Waals surface area contributed by atoms with Gasteiger partial charge in [0.1, 0.15) is 9.96 Å². The molecule has 7 heteroatoms. The average molecular weight is 313 g/mol. The summed E-state index contributed by atoms with van der Waals surface area (Å²) in [7, 11) is -2.05. The van der Waals surface area contributed by atoms with Gasteiger partial charge in [0, 0.05) is 12.1 Å². The van der Waals surface area contributed by atoms with E-state index in [1.54, 1.807) is 36.8 Å². The maximum absolute atomic E-state index is 12.2. The van der Waals surface area contributed by atoms with Gasteiger partial charge in [0.2, 0.25) is 0 Å². The van der Waals surface area contributed by atoms with Crippen LogP contribution in [0, 0.1) is 0 Å². The Morgan fingerprint density at radius 1 is 1.35 bits per heavy atom. The summed E-state index contributed by atoms with van der Waals surface area (Å²) in [4.78, 5) is 0. The molecule has 1 aromatic carbocycles. The molecule has 0 amide bonds. The number of ether oxygens (including phenoxy) is 1. The maximum Gasteiger partial charge on any atom is 0.250 e. The number of hydrogen-bond acceptors (Lipinski definition) is 5. The highest BCUT2D eigenvalue weighted by atomic mass is 32.2. The average Bonchev–Trinajstić information content (AvgIpc) is 2.95. The highest BCUT2D eigenvalue weighted by Gasteiger charge is 2.19. The normalized spacial score (nSPS) is 11.5. The van der Waals surface area contributed by atoms with Crippen molar-refractivity contribution in [1.82, 2.24) is 4.72 Å². The second-order valence-corrected chi connectivity index (χ2v) is 6.95. The van der Waals surface area contributed by atoms with E-state index in [1.807, 2.05) is 6.07 Å². The van der Waals surface area contributed by atoms with Crippen LogP contribution in [-0.4, -0.2) is 20.6 Å². The Kier molecular flexibility index (Phi) is 4.77. The first-order chi connectivity index (χ1) is 9.56. The van der Waals surface area contributed by atoms with Gasteiger partial charge in [-0.2, -0.15) is 0 Å². The van der Waals surface area contributed by atoms with Crippen molar-refractivity contribution in [1.29, 1.82) is 0 Å². The molecule has 20 heavy (non-hydrogen) atoms. The third-order valence-electron chi connectivity index (χ3n) is 2.72. The Hall–Kier alpha value is -1.41. The Labute approximate surface area is 121 Å². The Bertz CT molecular complexity index is 679. The number of sulfonamides is 1. The second-order valence-electron chi connectivity index (χ2n) is 4.07. The quantitative estimate of drug-likeness (QED) is 0.851. The summed E-state index contributed by atoms with van der Waals surface area (Å²) >= 11 is 1.09. The van der Waals surface area contributed by atoms with E-state index in [4.69, 9.17) is 9.84 Å². The van der Waals surface area contributed by atoms with Crippen LogP contribution in [0.2, 0.25) is 0 Å². The number of nitrogens with one attached hydrogen (secondary N) is 1. The number of rotatable bonds is 6. The molecule has 0 saturated carbocycles. The van der Waals surface area contributed by atoms with Gasteiger partial charge in [0.05, 0.1) is 13.7 Å². The predicted octanol–water partition coefficient (Wildman–Crippen LogP) is 1.73. The first-order valence-corrected chi connectivity index (χ1v) is 8.23. The summed E-state index contributed by atoms with van der Waals surface area (Å²) in [6.45, 7) is -0.124. The molecule has 0 fully saturated rings. The lowest BCUT2D eigenvalue weighted by Crippen LogP contribution is -2.23. The molecule has 0 aliphatic heterocycles. The summed E-state index contributed by atoms with van der Waals surface area (Å²) < 4.78 is 32.1. The lowest BCUT2D eigenvalue weighted by Gasteiger charge is -2.08. The molecule has 0 spiro atoms. The molecule has 0 aliphatic rings. The summed E-state index contributed by atoms with van der Waals surface area (Å²) in [6, 6.07) is 8.77. The van der Waals surface area contributed by atoms with Crippen molar-refractivity contribution >= 4 is 21.4 Å². The minimum atomic E-state index is -3.61. The number of hydrogen-bond donors (Lipinski definition) is 2. The molecular formula is C13H15NO4S2. The van der Waals surface area contributed by atoms with E-state index >= 15 is 0 Å². The number of thiophene rings is 1. The van der Waals surface area contributed by atoms with Crippen LogP contribution < -0.4 is 9.46 Å². The molecule has 0 radical (unpaired) electrons. The minimum absolute atomic E-state index is 0.155. The monoisotopic (exact) mass is 313 g/mol. The van der Waals surface area contributed by atoms with Crippen LogP contribution in [0.25, 0.3) is 0 Å². The predicted molar refractivity (Wildman–Crippen MR) is 77.3 cm³/mol. The number of aliphatic hydroxyl groups is 1. The van der Waals surface area contributed by atoms with Gasteiger partial charge in [-0.15, -0.1) is 11.3 Å². The molecule has 0 bridgehead atoms. The zero-order chi connectivity index (χ0) is 14.6. The standard InChI is InChI=1S/C13H15NO4S2/c1-18-12-4-2-3-10(7-12)8-14-20(16,17)13-11(9-15)5-6-19-13/h2-7,14-15H,8-9H2,1H3. The largest absolute Gasteiger partial charge is 0.497 e. The summed E-state index contributed by atoms with van der Waals surface area (Å²) in [5, 5.41) is 10.8. The lowest BCUT2D eigenvalue weighted by molar-refractivity contribution is 0.279. The van der Waals surface area contributed by atoms with Crippen LogP contribution in [0.5, 0.6) is 5.75 Å². The van der Waals surface area contributed by atoms with Crippen molar-refractivity contribution < 1.29 is 18.3 Å². The van der Waals surface area contributed by atoms with Gasteiger partial charge in [-0.05, 0) is 29.1 Å². The SMILES string of the molecule is COc1cccc(CNS(=O)(=O)c2sccc2CO)c1. The Morgan fingerprint density at radius 3 is 2.85 bits per heavy atom. The Morgan fingerprint density at radius 2 is 2.15 bits per heavy atom. The third-order valence-corrected chi connectivity index (χ3v) is 5.69. The molecule has 2 N–H and O–H groups in total. The molecule has 0 saturated heterocycles. The van der Waals surface area contributed by atoms with Crippen LogP contribution in [-0.2, 0) is 23.2 Å². The minimum Gasteiger partial charge on any atom is -0.497 e. The molecule has 2 rings (SSSR count). The molecule has 0 atom stereocenters. The number of benzene rings is 1. The number of aliphatic hydroxyl groups excluding tert-OH is 1. The molecule has 1 heterocycles. The fourth-order valence-corrected chi connectivity index (χ4v) is 4.16. The van der Waals surface area contributed by atoms with Gasteiger partial charge in [0.25, 0.3) is 10.0 Å². The van der Waals surface area contributed by atoms with E-state index < -0.39 is 10.0 Å². The van der Waals surface area contributed by atoms with Crippen LogP contribution >= 0.6 is 11.3 Å². The molecule has 0 unspecified atom stereocenters. The van der Waals surface area contributed by atoms with E-state index in [0.717, 1.165) is 16.9 Å². The molecule has 0 aliphatic carbocycles. The van der Waals surface area contributed by atoms with E-state index in [0.29, 0.717) is 11.3 Å². The van der Waals surface area contributed by atoms with E-state index in [2.05, 4.69) is 4.72 Å². The van der Waals surface area contributed by atoms with Gasteiger partial charge in [0.15, 0.2) is 0 Å². The third kappa shape index (κ3) is 3.37. The van der Waals surface area contributed by atoms with Crippen molar-refractivity contribution in [3.8, 4) is 5.75 Å². The van der Waals surface area contributed by atoms with E-state index in [9.17, 15) is 8.42 Å². The molecular weight excluding hydrogens is 298 g/mol. The van der Waals surface area contributed by atoms with Gasteiger partial charge >= 0.3 is 0 Å². The van der Waals surface area contributed by atoms with Gasteiger partial charge in [-0.1, -0.05) is 12.1 Å². The first kappa shape index (κ1) is 15.0. The zero-order valence-electron chi connectivity index (χ0n) is 10.9. The van der Waals surface area contributed by atoms with Crippen LogP contribution in [0.4, 0.5) is 0 Å². The van der Waals surface area contributed by atoms with Crippen LogP contribution in [0.1, 0.15) is 11.1 Å². The second kappa shape index (κ2) is 6.36. The molecule has 5 nitrogen and oxygen atoms in total. The summed E-state index contributed by atoms with van der Waals surface area (Å²) in [6.07, 6.45) is 0. The van der Waals surface area contributed by atoms with Gasteiger partial charge < -0.3 is 9.84 Å². The van der Waals surface area contributed by atoms with Crippen molar-refractivity contribution in [2.45, 2.75) is 17.4 Å². The highest BCUT2D eigenvalue weighted by Crippen LogP contribution is 2.23. The smallest absolute Gasteiger partial charge is 0.250 e. The molecule has 108 valence electrons. The first-order valence-electron chi connectivity index (χ1n) is 5.86. The van der Waals surface area contributed by atoms with E-state index in [1.165, 1.54) is 0 Å². The molecule has 2 aromatic rings. The van der Waals surface area contributed by atoms with Crippen molar-refractivity contribution in [2.75, 3.05) is 7.11 Å². The fourth-order valence-electron chi connectivity index (χ4n) is 1.70. The highest BCUT2D eigenvalue weighted by molar-refractivity contribution is 7.91. The lowest BCUT2D eigenvalue weighted by atomic mass is 10.2. The van der Waals surface area contributed by atoms with Crippen molar-refractivity contribution in [2.24, 2.45) is 0 Å². The zero-order valence-corrected chi connectivity index (χ0v) is 12.5. The van der Waals surface area contributed by atoms with Gasteiger partial charge in [-0.3, -0.25) is 0 Å². The Balaban J connectivity index is 2.13. The van der Waals surface area contributed by atoms with Gasteiger partial charge in [-0.25, -0.2) is 13.1 Å². The molecule has 1 aromatic heterocycles. The number of methoxy groups -OCH3 is 1.